The summed E-state index contributed by atoms with van der Waals surface area (Å²) in [4.78, 5) is 11.1. The van der Waals surface area contributed by atoms with E-state index in [1.165, 1.54) is 19.3 Å². The van der Waals surface area contributed by atoms with E-state index in [2.05, 4.69) is 13.5 Å². The lowest BCUT2D eigenvalue weighted by molar-refractivity contribution is -0.143. The van der Waals surface area contributed by atoms with Crippen molar-refractivity contribution in [3.8, 4) is 0 Å². The van der Waals surface area contributed by atoms with Gasteiger partial charge in [-0.1, -0.05) is 39.2 Å². The van der Waals surface area contributed by atoms with Gasteiger partial charge < -0.3 is 14.6 Å². The average Bonchev–Trinajstić information content (AvgIpc) is 2.34. The van der Waals surface area contributed by atoms with Crippen molar-refractivity contribution in [2.45, 2.75) is 52.1 Å². The molecule has 106 valence electrons. The molecule has 0 aromatic rings. The predicted molar refractivity (Wildman–Crippen MR) is 71.4 cm³/mol. The quantitative estimate of drug-likeness (QED) is 0.351. The molecule has 0 spiro atoms. The number of ether oxygens (including phenoxy) is 2. The minimum Gasteiger partial charge on any atom is -0.460 e. The minimum atomic E-state index is -0.760. The summed E-state index contributed by atoms with van der Waals surface area (Å²) in [6, 6.07) is 0. The zero-order chi connectivity index (χ0) is 13.8. The lowest BCUT2D eigenvalue weighted by atomic mass is 10.2. The topological polar surface area (TPSA) is 55.8 Å². The summed E-state index contributed by atoms with van der Waals surface area (Å²) in [5.74, 6) is -0.478. The van der Waals surface area contributed by atoms with Crippen molar-refractivity contribution in [3.05, 3.63) is 12.2 Å². The molecule has 0 saturated heterocycles. The maximum absolute atomic E-state index is 11.1. The monoisotopic (exact) mass is 258 g/mol. The Morgan fingerprint density at radius 1 is 1.22 bits per heavy atom. The number of carbonyl (C=O) groups is 1. The fraction of sp³-hybridized carbons (Fsp3) is 0.786. The number of hydrogen-bond acceptors (Lipinski definition) is 4. The van der Waals surface area contributed by atoms with Crippen molar-refractivity contribution in [2.24, 2.45) is 0 Å². The summed E-state index contributed by atoms with van der Waals surface area (Å²) in [6.45, 7) is 8.02. The molecule has 0 heterocycles. The van der Waals surface area contributed by atoms with Gasteiger partial charge in [-0.2, -0.15) is 0 Å². The molecule has 4 heteroatoms. The molecule has 0 aliphatic carbocycles. The molecule has 0 saturated carbocycles. The van der Waals surface area contributed by atoms with E-state index in [0.717, 1.165) is 12.8 Å². The third-order valence-electron chi connectivity index (χ3n) is 2.46. The zero-order valence-electron chi connectivity index (χ0n) is 11.6. The van der Waals surface area contributed by atoms with Gasteiger partial charge in [0.1, 0.15) is 12.7 Å². The Hall–Kier alpha value is -0.870. The first kappa shape index (κ1) is 17.1. The molecule has 1 atom stereocenters. The summed E-state index contributed by atoms with van der Waals surface area (Å²) in [5.41, 5.74) is 0.332. The van der Waals surface area contributed by atoms with Crippen molar-refractivity contribution in [3.63, 3.8) is 0 Å². The van der Waals surface area contributed by atoms with E-state index in [-0.39, 0.29) is 13.2 Å². The number of rotatable bonds is 11. The smallest absolute Gasteiger partial charge is 0.333 e. The molecule has 0 amide bonds. The van der Waals surface area contributed by atoms with Crippen molar-refractivity contribution in [2.75, 3.05) is 19.8 Å². The highest BCUT2D eigenvalue weighted by atomic mass is 16.5. The zero-order valence-corrected chi connectivity index (χ0v) is 11.6. The molecule has 0 bridgehead atoms. The van der Waals surface area contributed by atoms with E-state index in [4.69, 9.17) is 9.47 Å². The molecule has 0 rings (SSSR count). The minimum absolute atomic E-state index is 0.0402. The van der Waals surface area contributed by atoms with Crippen LogP contribution in [-0.4, -0.2) is 37.0 Å². The lowest BCUT2D eigenvalue weighted by Crippen LogP contribution is -2.24. The van der Waals surface area contributed by atoms with Gasteiger partial charge in [0.05, 0.1) is 6.61 Å². The SMILES string of the molecule is C=C(C)C(=O)OCC(O)COCCCCCCC. The van der Waals surface area contributed by atoms with Gasteiger partial charge in [-0.25, -0.2) is 4.79 Å². The molecule has 18 heavy (non-hydrogen) atoms. The highest BCUT2D eigenvalue weighted by molar-refractivity contribution is 5.86. The summed E-state index contributed by atoms with van der Waals surface area (Å²) >= 11 is 0. The van der Waals surface area contributed by atoms with E-state index >= 15 is 0 Å². The van der Waals surface area contributed by atoms with Crippen molar-refractivity contribution in [1.29, 1.82) is 0 Å². The Bertz CT molecular complexity index is 238. The van der Waals surface area contributed by atoms with Gasteiger partial charge in [0, 0.05) is 12.2 Å². The predicted octanol–water partition coefficient (Wildman–Crippen LogP) is 2.45. The first-order valence-corrected chi connectivity index (χ1v) is 6.66. The van der Waals surface area contributed by atoms with Crippen LogP contribution < -0.4 is 0 Å². The highest BCUT2D eigenvalue weighted by Gasteiger charge is 2.09. The standard InChI is InChI=1S/C14H26O4/c1-4-5-6-7-8-9-17-10-13(15)11-18-14(16)12(2)3/h13,15H,2,4-11H2,1,3H3. The number of hydrogen-bond donors (Lipinski definition) is 1. The van der Waals surface area contributed by atoms with Crippen LogP contribution >= 0.6 is 0 Å². The highest BCUT2D eigenvalue weighted by Crippen LogP contribution is 2.02. The number of aliphatic hydroxyl groups excluding tert-OH is 1. The fourth-order valence-electron chi connectivity index (χ4n) is 1.37. The second-order valence-electron chi connectivity index (χ2n) is 4.52. The van der Waals surface area contributed by atoms with Gasteiger partial charge in [0.25, 0.3) is 0 Å². The number of esters is 1. The van der Waals surface area contributed by atoms with Crippen LogP contribution in [0.15, 0.2) is 12.2 Å². The van der Waals surface area contributed by atoms with Gasteiger partial charge in [0.2, 0.25) is 0 Å². The van der Waals surface area contributed by atoms with Gasteiger partial charge in [-0.05, 0) is 13.3 Å². The van der Waals surface area contributed by atoms with E-state index in [9.17, 15) is 9.90 Å². The summed E-state index contributed by atoms with van der Waals surface area (Å²) in [6.07, 6.45) is 5.14. The van der Waals surface area contributed by atoms with Gasteiger partial charge in [-0.15, -0.1) is 0 Å². The maximum atomic E-state index is 11.1. The van der Waals surface area contributed by atoms with Crippen LogP contribution in [0.5, 0.6) is 0 Å². The molecule has 0 aromatic carbocycles. The number of unbranched alkanes of at least 4 members (excludes halogenated alkanes) is 4. The van der Waals surface area contributed by atoms with E-state index in [1.54, 1.807) is 6.92 Å². The molecular formula is C14H26O4. The second-order valence-corrected chi connectivity index (χ2v) is 4.52. The van der Waals surface area contributed by atoms with Crippen LogP contribution in [0, 0.1) is 0 Å². The van der Waals surface area contributed by atoms with E-state index < -0.39 is 12.1 Å². The molecule has 0 aromatic heterocycles. The Balaban J connectivity index is 3.34. The molecule has 1 N–H and O–H groups in total. The summed E-state index contributed by atoms with van der Waals surface area (Å²) < 4.78 is 10.1. The molecule has 0 aliphatic rings. The van der Waals surface area contributed by atoms with Crippen LogP contribution in [0.4, 0.5) is 0 Å². The molecular weight excluding hydrogens is 232 g/mol. The fourth-order valence-corrected chi connectivity index (χ4v) is 1.37. The molecule has 0 fully saturated rings. The van der Waals surface area contributed by atoms with E-state index in [1.807, 2.05) is 0 Å². The van der Waals surface area contributed by atoms with Crippen LogP contribution in [0.3, 0.4) is 0 Å². The first-order chi connectivity index (χ1) is 8.57. The third kappa shape index (κ3) is 10.3. The Morgan fingerprint density at radius 2 is 1.89 bits per heavy atom. The van der Waals surface area contributed by atoms with E-state index in [0.29, 0.717) is 12.2 Å². The Labute approximate surface area is 110 Å². The number of carbonyl (C=O) groups excluding carboxylic acids is 1. The molecule has 4 nitrogen and oxygen atoms in total. The van der Waals surface area contributed by atoms with Crippen LogP contribution in [0.1, 0.15) is 46.0 Å². The number of aliphatic hydroxyl groups is 1. The summed E-state index contributed by atoms with van der Waals surface area (Å²) in [7, 11) is 0. The third-order valence-corrected chi connectivity index (χ3v) is 2.46. The van der Waals surface area contributed by atoms with Gasteiger partial charge in [0.15, 0.2) is 0 Å². The van der Waals surface area contributed by atoms with Gasteiger partial charge in [-0.3, -0.25) is 0 Å². The van der Waals surface area contributed by atoms with Crippen molar-refractivity contribution >= 4 is 5.97 Å². The van der Waals surface area contributed by atoms with Gasteiger partial charge >= 0.3 is 5.97 Å². The molecule has 1 unspecified atom stereocenters. The normalized spacial score (nSPS) is 12.2. The maximum Gasteiger partial charge on any atom is 0.333 e. The largest absolute Gasteiger partial charge is 0.460 e. The van der Waals surface area contributed by atoms with Crippen LogP contribution in [-0.2, 0) is 14.3 Å². The van der Waals surface area contributed by atoms with Crippen molar-refractivity contribution < 1.29 is 19.4 Å². The first-order valence-electron chi connectivity index (χ1n) is 6.66. The average molecular weight is 258 g/mol. The second kappa shape index (κ2) is 11.2. The molecule has 0 aliphatic heterocycles. The van der Waals surface area contributed by atoms with Crippen LogP contribution in [0.25, 0.3) is 0 Å². The lowest BCUT2D eigenvalue weighted by Gasteiger charge is -2.11. The Morgan fingerprint density at radius 3 is 2.50 bits per heavy atom. The van der Waals surface area contributed by atoms with Crippen molar-refractivity contribution in [1.82, 2.24) is 0 Å². The van der Waals surface area contributed by atoms with Crippen LogP contribution in [0.2, 0.25) is 0 Å². The Kier molecular flexibility index (Phi) is 10.7. The molecule has 0 radical (unpaired) electrons. The summed E-state index contributed by atoms with van der Waals surface area (Å²) in [5, 5.41) is 9.49.